The van der Waals surface area contributed by atoms with Crippen LogP contribution < -0.4 is 11.5 Å². The molecule has 1 amide bonds. The Morgan fingerprint density at radius 2 is 2.42 bits per heavy atom. The van der Waals surface area contributed by atoms with E-state index in [0.29, 0.717) is 12.4 Å². The van der Waals surface area contributed by atoms with E-state index >= 15 is 0 Å². The number of nitrogens with two attached hydrogens (primary N) is 2. The third-order valence-corrected chi connectivity index (χ3v) is 1.64. The summed E-state index contributed by atoms with van der Waals surface area (Å²) in [4.78, 5) is 10.4. The van der Waals surface area contributed by atoms with E-state index in [4.69, 9.17) is 11.5 Å². The van der Waals surface area contributed by atoms with Gasteiger partial charge in [0.2, 0.25) is 5.91 Å². The van der Waals surface area contributed by atoms with Crippen molar-refractivity contribution in [3.8, 4) is 0 Å². The predicted molar refractivity (Wildman–Crippen MR) is 45.2 cm³/mol. The van der Waals surface area contributed by atoms with Crippen LogP contribution in [-0.2, 0) is 11.3 Å². The fourth-order valence-electron chi connectivity index (χ4n) is 0.882. The van der Waals surface area contributed by atoms with Crippen molar-refractivity contribution in [3.63, 3.8) is 0 Å². The minimum atomic E-state index is -0.345. The molecule has 0 fully saturated rings. The minimum absolute atomic E-state index is 0.269. The largest absolute Gasteiger partial charge is 0.384 e. The maximum absolute atomic E-state index is 10.4. The normalized spacial score (nSPS) is 10.1. The van der Waals surface area contributed by atoms with Gasteiger partial charge in [-0.2, -0.15) is 5.10 Å². The summed E-state index contributed by atoms with van der Waals surface area (Å²) in [5.74, 6) is 0.249. The molecule has 66 valence electrons. The van der Waals surface area contributed by atoms with Crippen molar-refractivity contribution in [3.05, 3.63) is 11.8 Å². The van der Waals surface area contributed by atoms with Crippen LogP contribution in [0.25, 0.3) is 0 Å². The lowest BCUT2D eigenvalue weighted by molar-refractivity contribution is -0.118. The molecule has 5 heteroatoms. The Labute approximate surface area is 70.3 Å². The highest BCUT2D eigenvalue weighted by molar-refractivity contribution is 5.73. The number of hydrogen-bond donors (Lipinski definition) is 2. The lowest BCUT2D eigenvalue weighted by Gasteiger charge is -2.01. The van der Waals surface area contributed by atoms with Crippen molar-refractivity contribution in [2.24, 2.45) is 5.73 Å². The van der Waals surface area contributed by atoms with Crippen LogP contribution in [0.5, 0.6) is 0 Å². The Kier molecular flexibility index (Phi) is 2.32. The van der Waals surface area contributed by atoms with E-state index < -0.39 is 0 Å². The second-order valence-electron chi connectivity index (χ2n) is 2.65. The van der Waals surface area contributed by atoms with Crippen LogP contribution in [0.2, 0.25) is 0 Å². The van der Waals surface area contributed by atoms with E-state index in [1.807, 2.05) is 6.92 Å². The van der Waals surface area contributed by atoms with Crippen molar-refractivity contribution in [1.82, 2.24) is 9.78 Å². The van der Waals surface area contributed by atoms with Crippen LogP contribution in [0.3, 0.4) is 0 Å². The molecule has 1 aromatic rings. The monoisotopic (exact) mass is 168 g/mol. The molecule has 4 N–H and O–H groups in total. The third kappa shape index (κ3) is 1.75. The van der Waals surface area contributed by atoms with Crippen LogP contribution >= 0.6 is 0 Å². The summed E-state index contributed by atoms with van der Waals surface area (Å²) in [6.45, 7) is 2.32. The summed E-state index contributed by atoms with van der Waals surface area (Å²) in [5.41, 5.74) is 11.5. The summed E-state index contributed by atoms with van der Waals surface area (Å²) >= 11 is 0. The number of carbonyl (C=O) groups excluding carboxylic acids is 1. The smallest absolute Gasteiger partial charge is 0.219 e. The van der Waals surface area contributed by atoms with Gasteiger partial charge in [-0.05, 0) is 6.92 Å². The van der Waals surface area contributed by atoms with Gasteiger partial charge in [0.1, 0.15) is 5.82 Å². The molecule has 0 unspecified atom stereocenters. The van der Waals surface area contributed by atoms with Gasteiger partial charge >= 0.3 is 0 Å². The summed E-state index contributed by atoms with van der Waals surface area (Å²) in [6.07, 6.45) is 1.93. The maximum Gasteiger partial charge on any atom is 0.219 e. The Morgan fingerprint density at radius 3 is 2.83 bits per heavy atom. The van der Waals surface area contributed by atoms with Gasteiger partial charge in [-0.3, -0.25) is 4.79 Å². The number of anilines is 1. The number of carbonyl (C=O) groups is 1. The first-order valence-corrected chi connectivity index (χ1v) is 3.67. The van der Waals surface area contributed by atoms with E-state index in [2.05, 4.69) is 5.10 Å². The lowest BCUT2D eigenvalue weighted by Crippen LogP contribution is -2.15. The Balaban J connectivity index is 2.63. The SMILES string of the molecule is Cc1cnn(CCC(N)=O)c1N. The maximum atomic E-state index is 10.4. The van der Waals surface area contributed by atoms with Crippen molar-refractivity contribution in [2.75, 3.05) is 5.73 Å². The zero-order chi connectivity index (χ0) is 9.14. The second kappa shape index (κ2) is 3.25. The highest BCUT2D eigenvalue weighted by atomic mass is 16.1. The fraction of sp³-hybridized carbons (Fsp3) is 0.429. The quantitative estimate of drug-likeness (QED) is 0.646. The van der Waals surface area contributed by atoms with E-state index in [-0.39, 0.29) is 12.3 Å². The molecule has 0 aliphatic carbocycles. The zero-order valence-electron chi connectivity index (χ0n) is 6.95. The molecule has 0 aliphatic rings. The molecule has 0 bridgehead atoms. The molecule has 12 heavy (non-hydrogen) atoms. The fourth-order valence-corrected chi connectivity index (χ4v) is 0.882. The van der Waals surface area contributed by atoms with Crippen LogP contribution in [0.1, 0.15) is 12.0 Å². The standard InChI is InChI=1S/C7H12N4O/c1-5-4-10-11(7(5)9)3-2-6(8)12/h4H,2-3,9H2,1H3,(H2,8,12). The second-order valence-corrected chi connectivity index (χ2v) is 2.65. The summed E-state index contributed by atoms with van der Waals surface area (Å²) in [5, 5.41) is 3.97. The lowest BCUT2D eigenvalue weighted by atomic mass is 10.4. The van der Waals surface area contributed by atoms with Crippen molar-refractivity contribution in [1.29, 1.82) is 0 Å². The topological polar surface area (TPSA) is 86.9 Å². The molecule has 1 aromatic heterocycles. The molecule has 0 spiro atoms. The molecular formula is C7H12N4O. The van der Waals surface area contributed by atoms with Crippen molar-refractivity contribution < 1.29 is 4.79 Å². The highest BCUT2D eigenvalue weighted by Gasteiger charge is 2.03. The number of hydrogen-bond acceptors (Lipinski definition) is 3. The van der Waals surface area contributed by atoms with Gasteiger partial charge in [-0.25, -0.2) is 4.68 Å². The highest BCUT2D eigenvalue weighted by Crippen LogP contribution is 2.08. The molecule has 5 nitrogen and oxygen atoms in total. The van der Waals surface area contributed by atoms with Crippen LogP contribution in [0, 0.1) is 6.92 Å². The average Bonchev–Trinajstić information content (AvgIpc) is 2.30. The molecular weight excluding hydrogens is 156 g/mol. The molecule has 0 saturated carbocycles. The van der Waals surface area contributed by atoms with Gasteiger partial charge in [-0.15, -0.1) is 0 Å². The Hall–Kier alpha value is -1.52. The van der Waals surface area contributed by atoms with E-state index in [1.165, 1.54) is 0 Å². The molecule has 0 saturated heterocycles. The number of primary amides is 1. The minimum Gasteiger partial charge on any atom is -0.384 e. The number of amides is 1. The number of rotatable bonds is 3. The Bertz CT molecular complexity index is 292. The van der Waals surface area contributed by atoms with Gasteiger partial charge in [0.25, 0.3) is 0 Å². The molecule has 0 aromatic carbocycles. The van der Waals surface area contributed by atoms with E-state index in [1.54, 1.807) is 10.9 Å². The third-order valence-electron chi connectivity index (χ3n) is 1.64. The average molecular weight is 168 g/mol. The van der Waals surface area contributed by atoms with Gasteiger partial charge in [0.05, 0.1) is 12.7 Å². The Morgan fingerprint density at radius 1 is 1.75 bits per heavy atom. The van der Waals surface area contributed by atoms with E-state index in [9.17, 15) is 4.79 Å². The first-order valence-electron chi connectivity index (χ1n) is 3.67. The molecule has 1 rings (SSSR count). The number of nitrogen functional groups attached to an aromatic ring is 1. The van der Waals surface area contributed by atoms with Crippen molar-refractivity contribution in [2.45, 2.75) is 19.9 Å². The first kappa shape index (κ1) is 8.58. The number of aryl methyl sites for hydroxylation is 2. The summed E-state index contributed by atoms with van der Waals surface area (Å²) in [6, 6.07) is 0. The zero-order valence-corrected chi connectivity index (χ0v) is 6.95. The van der Waals surface area contributed by atoms with Gasteiger partial charge in [-0.1, -0.05) is 0 Å². The van der Waals surface area contributed by atoms with Crippen LogP contribution in [0.15, 0.2) is 6.20 Å². The van der Waals surface area contributed by atoms with Crippen molar-refractivity contribution >= 4 is 11.7 Å². The molecule has 0 radical (unpaired) electrons. The van der Waals surface area contributed by atoms with Crippen LogP contribution in [0.4, 0.5) is 5.82 Å². The predicted octanol–water partition coefficient (Wildman–Crippen LogP) is -0.351. The van der Waals surface area contributed by atoms with Gasteiger partial charge < -0.3 is 11.5 Å². The summed E-state index contributed by atoms with van der Waals surface area (Å²) < 4.78 is 1.57. The van der Waals surface area contributed by atoms with Gasteiger partial charge in [0.15, 0.2) is 0 Å². The van der Waals surface area contributed by atoms with E-state index in [0.717, 1.165) is 5.56 Å². The summed E-state index contributed by atoms with van der Waals surface area (Å²) in [7, 11) is 0. The molecule has 0 atom stereocenters. The van der Waals surface area contributed by atoms with Gasteiger partial charge in [0, 0.05) is 12.0 Å². The van der Waals surface area contributed by atoms with Crippen LogP contribution in [-0.4, -0.2) is 15.7 Å². The molecule has 1 heterocycles. The number of aromatic nitrogens is 2. The first-order chi connectivity index (χ1) is 5.61. The number of nitrogens with zero attached hydrogens (tertiary/aromatic N) is 2. The molecule has 0 aliphatic heterocycles.